The number of hydrogen-bond acceptors (Lipinski definition) is 13. The molecule has 0 radical (unpaired) electrons. The quantitative estimate of drug-likeness (QED) is 0.0800. The van der Waals surface area contributed by atoms with Crippen LogP contribution in [0.4, 0.5) is 0 Å². The number of ketones is 1. The summed E-state index contributed by atoms with van der Waals surface area (Å²) in [5.74, 6) is 0.644. The van der Waals surface area contributed by atoms with Crippen LogP contribution in [0.2, 0.25) is 5.02 Å². The summed E-state index contributed by atoms with van der Waals surface area (Å²) in [6.45, 7) is 9.57. The number of carbonyl (C=O) groups excluding carboxylic acids is 4. The third kappa shape index (κ3) is 10.7. The van der Waals surface area contributed by atoms with Gasteiger partial charge in [-0.15, -0.1) is 26.6 Å². The van der Waals surface area contributed by atoms with Crippen LogP contribution in [0.25, 0.3) is 16.3 Å². The summed E-state index contributed by atoms with van der Waals surface area (Å²) in [6.07, 6.45) is 6.31. The first-order chi connectivity index (χ1) is 32.0. The molecule has 1 aliphatic carbocycles. The molecular weight excluding hydrogens is 896 g/mol. The highest BCUT2D eigenvalue weighted by atomic mass is 35.5. The van der Waals surface area contributed by atoms with Crippen molar-refractivity contribution in [1.82, 2.24) is 45.2 Å². The Balaban J connectivity index is 0.816. The van der Waals surface area contributed by atoms with Crippen molar-refractivity contribution in [2.24, 2.45) is 10.9 Å². The maximum Gasteiger partial charge on any atom is 0.246 e. The molecule has 2 aliphatic heterocycles. The fourth-order valence-electron chi connectivity index (χ4n) is 9.27. The van der Waals surface area contributed by atoms with Crippen LogP contribution in [0.3, 0.4) is 0 Å². The Labute approximate surface area is 398 Å². The van der Waals surface area contributed by atoms with Gasteiger partial charge in [0.15, 0.2) is 11.6 Å². The smallest absolute Gasteiger partial charge is 0.246 e. The number of nitrogens with zero attached hydrogens (tertiary/aromatic N) is 7. The Kier molecular flexibility index (Phi) is 15.5. The molecule has 0 spiro atoms. The first kappa shape index (κ1) is 47.3. The third-order valence-electron chi connectivity index (χ3n) is 12.9. The summed E-state index contributed by atoms with van der Waals surface area (Å²) in [4.78, 5) is 64.2. The predicted molar refractivity (Wildman–Crippen MR) is 256 cm³/mol. The molecule has 3 amide bonds. The highest BCUT2D eigenvalue weighted by Gasteiger charge is 2.41. The van der Waals surface area contributed by atoms with Gasteiger partial charge < -0.3 is 25.6 Å². The molecule has 0 unspecified atom stereocenters. The molecule has 348 valence electrons. The van der Waals surface area contributed by atoms with Crippen LogP contribution in [-0.4, -0.2) is 109 Å². The molecule has 1 saturated carbocycles. The minimum atomic E-state index is -0.713. The average molecular weight is 954 g/mol. The molecule has 2 fully saturated rings. The van der Waals surface area contributed by atoms with E-state index in [1.54, 1.807) is 23.2 Å². The van der Waals surface area contributed by atoms with Gasteiger partial charge in [-0.3, -0.25) is 28.7 Å². The molecule has 2 aromatic carbocycles. The number of nitrogens with one attached hydrogen (secondary N) is 3. The maximum absolute atomic E-state index is 14.4. The Bertz CT molecular complexity index is 2550. The number of benzene rings is 2. The van der Waals surface area contributed by atoms with Gasteiger partial charge >= 0.3 is 0 Å². The molecule has 8 rings (SSSR count). The van der Waals surface area contributed by atoms with Crippen LogP contribution in [0.1, 0.15) is 102 Å². The normalized spacial score (nSPS) is 18.2. The van der Waals surface area contributed by atoms with E-state index < -0.39 is 24.2 Å². The standard InChI is InChI=1S/C48H57ClN10O5S2/c1-28-30(3)65-48-41(28)43(34-17-19-35(49)20-18-34)52-36(45-56-54-31(4)59(45)48)26-40(61)51-22-25-64-24-21-50-29(2)46(62)53-44(33-14-9-6-10-15-33)47(63)58-23-11-16-37(58)38(60)27-39-42(55-57-66-39)32-12-7-5-8-13-32/h5,7-8,12-13,17-20,29,33,36-37,44,50H,6,9-11,14-16,21-27H2,1-4H3,(H,51,61)(H,53,62)/t29-,36-,37-,44+/m0/s1. The molecule has 3 aromatic heterocycles. The lowest BCUT2D eigenvalue weighted by Crippen LogP contribution is -2.57. The highest BCUT2D eigenvalue weighted by molar-refractivity contribution is 7.15. The number of amides is 3. The zero-order chi connectivity index (χ0) is 46.3. The van der Waals surface area contributed by atoms with Crippen LogP contribution in [0.5, 0.6) is 0 Å². The van der Waals surface area contributed by atoms with Gasteiger partial charge in [-0.25, -0.2) is 0 Å². The monoisotopic (exact) mass is 952 g/mol. The second-order valence-electron chi connectivity index (χ2n) is 17.4. The Morgan fingerprint density at radius 2 is 1.65 bits per heavy atom. The third-order valence-corrected chi connectivity index (χ3v) is 15.1. The lowest BCUT2D eigenvalue weighted by Gasteiger charge is -2.35. The van der Waals surface area contributed by atoms with E-state index in [4.69, 9.17) is 21.3 Å². The van der Waals surface area contributed by atoms with Crippen molar-refractivity contribution in [3.05, 3.63) is 97.7 Å². The van der Waals surface area contributed by atoms with E-state index in [9.17, 15) is 19.2 Å². The van der Waals surface area contributed by atoms with Gasteiger partial charge in [0.1, 0.15) is 28.6 Å². The number of rotatable bonds is 18. The zero-order valence-corrected chi connectivity index (χ0v) is 40.2. The molecule has 3 aliphatic rings. The Morgan fingerprint density at radius 1 is 0.894 bits per heavy atom. The van der Waals surface area contributed by atoms with Gasteiger partial charge in [0, 0.05) is 52.6 Å². The second-order valence-corrected chi connectivity index (χ2v) is 19.9. The van der Waals surface area contributed by atoms with E-state index >= 15 is 0 Å². The highest BCUT2D eigenvalue weighted by Crippen LogP contribution is 2.40. The van der Waals surface area contributed by atoms with Crippen LogP contribution in [0, 0.1) is 26.7 Å². The van der Waals surface area contributed by atoms with E-state index in [1.165, 1.54) is 16.4 Å². The molecule has 0 bridgehead atoms. The fraction of sp³-hybridized carbons (Fsp3) is 0.479. The van der Waals surface area contributed by atoms with Gasteiger partial charge in [-0.2, -0.15) is 0 Å². The summed E-state index contributed by atoms with van der Waals surface area (Å²) in [6, 6.07) is 14.8. The topological polar surface area (TPSA) is 186 Å². The predicted octanol–water partition coefficient (Wildman–Crippen LogP) is 6.69. The summed E-state index contributed by atoms with van der Waals surface area (Å²) >= 11 is 9.12. The van der Waals surface area contributed by atoms with E-state index in [-0.39, 0.29) is 55.4 Å². The number of aryl methyl sites for hydroxylation is 2. The molecule has 66 heavy (non-hydrogen) atoms. The van der Waals surface area contributed by atoms with Crippen molar-refractivity contribution in [3.8, 4) is 16.3 Å². The summed E-state index contributed by atoms with van der Waals surface area (Å²) in [5.41, 5.74) is 5.41. The first-order valence-electron chi connectivity index (χ1n) is 22.9. The Morgan fingerprint density at radius 3 is 2.42 bits per heavy atom. The zero-order valence-electron chi connectivity index (χ0n) is 37.8. The number of fused-ring (bicyclic) bond motifs is 3. The van der Waals surface area contributed by atoms with Gasteiger partial charge in [0.25, 0.3) is 0 Å². The lowest BCUT2D eigenvalue weighted by atomic mass is 9.83. The van der Waals surface area contributed by atoms with Crippen LogP contribution in [-0.2, 0) is 30.3 Å². The molecule has 15 nitrogen and oxygen atoms in total. The SMILES string of the molecule is Cc1sc2c(c1C)C(c1ccc(Cl)cc1)=N[C@@H](CC(=O)NCCOCCN[C@@H](C)C(=O)N[C@@H](C(=O)N1CCC[C@H]1C(=O)Cc1snnc1-c1ccccc1)C1CCCCC1)c1nnc(C)n1-2. The number of ether oxygens (including phenoxy) is 1. The van der Waals surface area contributed by atoms with Gasteiger partial charge in [-0.1, -0.05) is 77.8 Å². The molecule has 3 N–H and O–H groups in total. The van der Waals surface area contributed by atoms with Crippen LogP contribution < -0.4 is 16.0 Å². The minimum Gasteiger partial charge on any atom is -0.378 e. The summed E-state index contributed by atoms with van der Waals surface area (Å²) < 4.78 is 12.0. The van der Waals surface area contributed by atoms with Crippen molar-refractivity contribution in [3.63, 3.8) is 0 Å². The Hall–Kier alpha value is -5.20. The number of Topliss-reactive ketones (excluding diaryl/α,β-unsaturated/α-hetero) is 1. The molecule has 4 atom stereocenters. The molecule has 18 heteroatoms. The van der Waals surface area contributed by atoms with Gasteiger partial charge in [0.05, 0.1) is 42.3 Å². The number of hydrogen-bond donors (Lipinski definition) is 3. The average Bonchev–Trinajstić information content (AvgIpc) is 4.13. The van der Waals surface area contributed by atoms with Crippen molar-refractivity contribution in [2.45, 2.75) is 110 Å². The number of aliphatic imine (C=N–C) groups is 1. The second kappa shape index (κ2) is 21.6. The van der Waals surface area contributed by atoms with Crippen molar-refractivity contribution in [1.29, 1.82) is 0 Å². The number of aromatic nitrogens is 5. The van der Waals surface area contributed by atoms with E-state index in [0.29, 0.717) is 42.7 Å². The van der Waals surface area contributed by atoms with Gasteiger partial charge in [-0.05, 0) is 88.5 Å². The number of likely N-dealkylation sites (tertiary alicyclic amines) is 1. The number of thiophene rings is 1. The summed E-state index contributed by atoms with van der Waals surface area (Å²) in [7, 11) is 0. The largest absolute Gasteiger partial charge is 0.378 e. The van der Waals surface area contributed by atoms with Crippen molar-refractivity contribution >= 4 is 63.7 Å². The molecule has 5 aromatic rings. The maximum atomic E-state index is 14.4. The lowest BCUT2D eigenvalue weighted by molar-refractivity contribution is -0.142. The van der Waals surface area contributed by atoms with E-state index in [2.05, 4.69) is 49.6 Å². The summed E-state index contributed by atoms with van der Waals surface area (Å²) in [5, 5.41) is 24.1. The van der Waals surface area contributed by atoms with E-state index in [1.807, 2.05) is 66.1 Å². The first-order valence-corrected chi connectivity index (χ1v) is 24.9. The van der Waals surface area contributed by atoms with Crippen LogP contribution in [0.15, 0.2) is 59.6 Å². The van der Waals surface area contributed by atoms with Crippen molar-refractivity contribution < 1.29 is 23.9 Å². The number of halogens is 1. The fourth-order valence-corrected chi connectivity index (χ4v) is 11.3. The molecule has 1 saturated heterocycles. The van der Waals surface area contributed by atoms with Gasteiger partial charge in [0.2, 0.25) is 17.7 Å². The van der Waals surface area contributed by atoms with Crippen molar-refractivity contribution in [2.75, 3.05) is 32.8 Å². The van der Waals surface area contributed by atoms with E-state index in [0.717, 1.165) is 82.2 Å². The van der Waals surface area contributed by atoms with Crippen LogP contribution >= 0.6 is 34.5 Å². The molecule has 5 heterocycles. The number of carbonyl (C=O) groups is 4. The minimum absolute atomic E-state index is 0.00262. The molecular formula is C48H57ClN10O5S2.